The summed E-state index contributed by atoms with van der Waals surface area (Å²) >= 11 is 1.35. The van der Waals surface area contributed by atoms with Gasteiger partial charge in [0.1, 0.15) is 17.8 Å². The molecule has 4 rings (SSSR count). The highest BCUT2D eigenvalue weighted by Crippen LogP contribution is 2.30. The number of rotatable bonds is 7. The Balaban J connectivity index is 1.36. The zero-order valence-corrected chi connectivity index (χ0v) is 19.7. The second-order valence-corrected chi connectivity index (χ2v) is 9.42. The van der Waals surface area contributed by atoms with Crippen LogP contribution in [0.15, 0.2) is 29.6 Å². The topological polar surface area (TPSA) is 104 Å². The molecule has 1 atom stereocenters. The SMILES string of the molecule is COc1ccc(C2(C)NC(=O)N(CC(=O)Nc3nc(CN4CCCCCC4)cs3)C2=O)cc1. The molecule has 0 saturated carbocycles. The summed E-state index contributed by atoms with van der Waals surface area (Å²) in [5.74, 6) is -0.295. The van der Waals surface area contributed by atoms with Crippen LogP contribution in [-0.2, 0) is 21.7 Å². The average molecular weight is 472 g/mol. The van der Waals surface area contributed by atoms with Gasteiger partial charge in [0.2, 0.25) is 5.91 Å². The first-order valence-electron chi connectivity index (χ1n) is 11.1. The van der Waals surface area contributed by atoms with E-state index in [0.29, 0.717) is 16.4 Å². The second kappa shape index (κ2) is 9.88. The smallest absolute Gasteiger partial charge is 0.325 e. The Morgan fingerprint density at radius 2 is 1.88 bits per heavy atom. The third-order valence-electron chi connectivity index (χ3n) is 6.13. The van der Waals surface area contributed by atoms with E-state index in [1.165, 1.54) is 37.0 Å². The standard InChI is InChI=1S/C23H29N5O4S/c1-23(16-7-9-18(32-2)10-8-16)20(30)28(22(31)26-23)14-19(29)25-21-24-17(15-33-21)13-27-11-5-3-4-6-12-27/h7-10,15H,3-6,11-14H2,1-2H3,(H,26,31)(H,24,25,29). The summed E-state index contributed by atoms with van der Waals surface area (Å²) in [4.78, 5) is 46.0. The number of anilines is 1. The molecular weight excluding hydrogens is 442 g/mol. The Kier molecular flexibility index (Phi) is 6.94. The van der Waals surface area contributed by atoms with Crippen molar-refractivity contribution in [3.8, 4) is 5.75 Å². The second-order valence-electron chi connectivity index (χ2n) is 8.56. The van der Waals surface area contributed by atoms with Gasteiger partial charge in [-0.25, -0.2) is 9.78 Å². The molecular formula is C23H29N5O4S. The number of nitrogens with one attached hydrogen (secondary N) is 2. The predicted molar refractivity (Wildman–Crippen MR) is 125 cm³/mol. The molecule has 2 saturated heterocycles. The minimum Gasteiger partial charge on any atom is -0.497 e. The summed E-state index contributed by atoms with van der Waals surface area (Å²) in [6.45, 7) is 4.15. The zero-order valence-electron chi connectivity index (χ0n) is 18.9. The number of likely N-dealkylation sites (tertiary alicyclic amines) is 1. The third-order valence-corrected chi connectivity index (χ3v) is 6.93. The van der Waals surface area contributed by atoms with Crippen molar-refractivity contribution in [1.29, 1.82) is 0 Å². The van der Waals surface area contributed by atoms with E-state index in [2.05, 4.69) is 20.5 Å². The monoisotopic (exact) mass is 471 g/mol. The van der Waals surface area contributed by atoms with Crippen molar-refractivity contribution >= 4 is 34.3 Å². The van der Waals surface area contributed by atoms with Gasteiger partial charge >= 0.3 is 6.03 Å². The molecule has 0 radical (unpaired) electrons. The minimum atomic E-state index is -1.24. The van der Waals surface area contributed by atoms with Gasteiger partial charge in [0.15, 0.2) is 5.13 Å². The maximum absolute atomic E-state index is 13.0. The van der Waals surface area contributed by atoms with Crippen LogP contribution in [0.1, 0.15) is 43.9 Å². The molecule has 0 spiro atoms. The molecule has 2 aliphatic heterocycles. The van der Waals surface area contributed by atoms with Crippen LogP contribution < -0.4 is 15.4 Å². The first kappa shape index (κ1) is 23.2. The number of urea groups is 1. The van der Waals surface area contributed by atoms with Crippen LogP contribution in [0.3, 0.4) is 0 Å². The van der Waals surface area contributed by atoms with Gasteiger partial charge in [-0.05, 0) is 50.6 Å². The molecule has 9 nitrogen and oxygen atoms in total. The fourth-order valence-electron chi connectivity index (χ4n) is 4.22. The van der Waals surface area contributed by atoms with Gasteiger partial charge in [-0.2, -0.15) is 0 Å². The Morgan fingerprint density at radius 1 is 1.18 bits per heavy atom. The van der Waals surface area contributed by atoms with Crippen LogP contribution in [0.2, 0.25) is 0 Å². The predicted octanol–water partition coefficient (Wildman–Crippen LogP) is 2.93. The minimum absolute atomic E-state index is 0.378. The molecule has 0 aliphatic carbocycles. The largest absolute Gasteiger partial charge is 0.497 e. The summed E-state index contributed by atoms with van der Waals surface area (Å²) in [7, 11) is 1.56. The molecule has 0 bridgehead atoms. The number of thiazole rings is 1. The van der Waals surface area contributed by atoms with E-state index < -0.39 is 23.4 Å². The lowest BCUT2D eigenvalue weighted by Crippen LogP contribution is -2.42. The molecule has 10 heteroatoms. The van der Waals surface area contributed by atoms with Crippen LogP contribution in [-0.4, -0.2) is 59.4 Å². The van der Waals surface area contributed by atoms with Crippen LogP contribution in [0.4, 0.5) is 9.93 Å². The highest BCUT2D eigenvalue weighted by Gasteiger charge is 2.49. The average Bonchev–Trinajstić information content (AvgIpc) is 3.19. The number of imide groups is 1. The number of amides is 4. The molecule has 4 amide bonds. The van der Waals surface area contributed by atoms with Crippen LogP contribution >= 0.6 is 11.3 Å². The van der Waals surface area contributed by atoms with Crippen molar-refractivity contribution in [2.24, 2.45) is 0 Å². The number of nitrogens with zero attached hydrogens (tertiary/aromatic N) is 3. The highest BCUT2D eigenvalue weighted by molar-refractivity contribution is 7.13. The van der Waals surface area contributed by atoms with Crippen molar-refractivity contribution in [3.63, 3.8) is 0 Å². The number of carbonyl (C=O) groups is 3. The Labute approximate surface area is 197 Å². The first-order chi connectivity index (χ1) is 15.9. The van der Waals surface area contributed by atoms with Gasteiger partial charge in [-0.1, -0.05) is 25.0 Å². The lowest BCUT2D eigenvalue weighted by Gasteiger charge is -2.22. The quantitative estimate of drug-likeness (QED) is 0.602. The molecule has 3 heterocycles. The van der Waals surface area contributed by atoms with Crippen LogP contribution in [0.5, 0.6) is 5.75 Å². The van der Waals surface area contributed by atoms with Gasteiger partial charge in [-0.3, -0.25) is 19.4 Å². The van der Waals surface area contributed by atoms with Crippen molar-refractivity contribution in [3.05, 3.63) is 40.9 Å². The third kappa shape index (κ3) is 5.17. The van der Waals surface area contributed by atoms with E-state index >= 15 is 0 Å². The maximum atomic E-state index is 13.0. The highest BCUT2D eigenvalue weighted by atomic mass is 32.1. The summed E-state index contributed by atoms with van der Waals surface area (Å²) < 4.78 is 5.15. The number of hydrogen-bond acceptors (Lipinski definition) is 7. The van der Waals surface area contributed by atoms with Gasteiger partial charge < -0.3 is 15.4 Å². The fraction of sp³-hybridized carbons (Fsp3) is 0.478. The number of methoxy groups -OCH3 is 1. The lowest BCUT2D eigenvalue weighted by atomic mass is 9.92. The van der Waals surface area contributed by atoms with E-state index in [4.69, 9.17) is 4.74 Å². The molecule has 2 aliphatic rings. The molecule has 2 fully saturated rings. The molecule has 1 unspecified atom stereocenters. The summed E-state index contributed by atoms with van der Waals surface area (Å²) in [6.07, 6.45) is 4.95. The fourth-order valence-corrected chi connectivity index (χ4v) is 4.94. The summed E-state index contributed by atoms with van der Waals surface area (Å²) in [5, 5.41) is 7.83. The molecule has 2 aromatic rings. The Morgan fingerprint density at radius 3 is 2.55 bits per heavy atom. The number of ether oxygens (including phenoxy) is 1. The maximum Gasteiger partial charge on any atom is 0.325 e. The van der Waals surface area contributed by atoms with Gasteiger partial charge in [-0.15, -0.1) is 11.3 Å². The number of hydrogen-bond donors (Lipinski definition) is 2. The molecule has 2 N–H and O–H groups in total. The van der Waals surface area contributed by atoms with Crippen molar-refractivity contribution < 1.29 is 19.1 Å². The van der Waals surface area contributed by atoms with Crippen LogP contribution in [0.25, 0.3) is 0 Å². The summed E-state index contributed by atoms with van der Waals surface area (Å²) in [6, 6.07) is 6.29. The van der Waals surface area contributed by atoms with Crippen molar-refractivity contribution in [1.82, 2.24) is 20.1 Å². The van der Waals surface area contributed by atoms with Gasteiger partial charge in [0.05, 0.1) is 12.8 Å². The van der Waals surface area contributed by atoms with Gasteiger partial charge in [0, 0.05) is 11.9 Å². The number of benzene rings is 1. The molecule has 1 aromatic heterocycles. The van der Waals surface area contributed by atoms with Crippen molar-refractivity contribution in [2.75, 3.05) is 32.1 Å². The van der Waals surface area contributed by atoms with Gasteiger partial charge in [0.25, 0.3) is 5.91 Å². The molecule has 33 heavy (non-hydrogen) atoms. The van der Waals surface area contributed by atoms with E-state index in [1.54, 1.807) is 38.3 Å². The van der Waals surface area contributed by atoms with E-state index in [9.17, 15) is 14.4 Å². The number of aromatic nitrogens is 1. The molecule has 1 aromatic carbocycles. The summed E-state index contributed by atoms with van der Waals surface area (Å²) in [5.41, 5.74) is 0.285. The van der Waals surface area contributed by atoms with E-state index in [0.717, 1.165) is 30.2 Å². The van der Waals surface area contributed by atoms with E-state index in [1.807, 2.05) is 5.38 Å². The zero-order chi connectivity index (χ0) is 23.4. The normalized spacial score (nSPS) is 21.6. The lowest BCUT2D eigenvalue weighted by molar-refractivity contribution is -0.133. The Hall–Kier alpha value is -2.98. The van der Waals surface area contributed by atoms with Crippen molar-refractivity contribution in [2.45, 2.75) is 44.7 Å². The Bertz CT molecular complexity index is 1020. The van der Waals surface area contributed by atoms with Crippen LogP contribution in [0, 0.1) is 0 Å². The first-order valence-corrected chi connectivity index (χ1v) is 12.0. The molecule has 176 valence electrons. The number of carbonyl (C=O) groups excluding carboxylic acids is 3. The van der Waals surface area contributed by atoms with E-state index in [-0.39, 0.29) is 6.54 Å².